The van der Waals surface area contributed by atoms with Gasteiger partial charge < -0.3 is 10.6 Å². The highest BCUT2D eigenvalue weighted by Crippen LogP contribution is 2.21. The highest BCUT2D eigenvalue weighted by molar-refractivity contribution is 14.0. The Labute approximate surface area is 155 Å². The largest absolute Gasteiger partial charge is 0.356 e. The molecule has 116 valence electrons. The summed E-state index contributed by atoms with van der Waals surface area (Å²) in [5.41, 5.74) is 1.33. The van der Waals surface area contributed by atoms with Crippen LogP contribution in [0.25, 0.3) is 0 Å². The molecule has 0 amide bonds. The Morgan fingerprint density at radius 2 is 2.10 bits per heavy atom. The Bertz CT molecular complexity index is 580. The molecule has 21 heavy (non-hydrogen) atoms. The monoisotopic (exact) mass is 455 g/mol. The van der Waals surface area contributed by atoms with Crippen LogP contribution in [0.3, 0.4) is 0 Å². The highest BCUT2D eigenvalue weighted by atomic mass is 127. The summed E-state index contributed by atoms with van der Waals surface area (Å²) >= 11 is 9.31. The summed E-state index contributed by atoms with van der Waals surface area (Å²) in [5.74, 6) is 0.834. The van der Waals surface area contributed by atoms with Gasteiger partial charge in [0.05, 0.1) is 10.9 Å². The first-order chi connectivity index (χ1) is 9.69. The lowest BCUT2D eigenvalue weighted by atomic mass is 10.3. The number of rotatable bonds is 5. The molecule has 2 aromatic heterocycles. The third-order valence-corrected chi connectivity index (χ3v) is 5.21. The molecule has 7 heteroatoms. The Morgan fingerprint density at radius 1 is 1.29 bits per heavy atom. The third kappa shape index (κ3) is 6.14. The van der Waals surface area contributed by atoms with E-state index in [4.69, 9.17) is 11.6 Å². The van der Waals surface area contributed by atoms with E-state index in [0.717, 1.165) is 29.8 Å². The first-order valence-electron chi connectivity index (χ1n) is 6.40. The van der Waals surface area contributed by atoms with Gasteiger partial charge in [-0.25, -0.2) is 0 Å². The summed E-state index contributed by atoms with van der Waals surface area (Å²) in [6, 6.07) is 6.15. The number of aliphatic imine (C=N–C) groups is 1. The van der Waals surface area contributed by atoms with E-state index in [1.54, 1.807) is 29.7 Å². The van der Waals surface area contributed by atoms with Crippen molar-refractivity contribution in [1.29, 1.82) is 0 Å². The molecule has 0 aliphatic heterocycles. The molecule has 0 radical (unpaired) electrons. The van der Waals surface area contributed by atoms with E-state index in [1.807, 2.05) is 6.07 Å². The molecule has 0 aliphatic carbocycles. The van der Waals surface area contributed by atoms with Crippen LogP contribution < -0.4 is 10.6 Å². The maximum Gasteiger partial charge on any atom is 0.191 e. The molecular formula is C14H19ClIN3S2. The number of hydrogen-bond donors (Lipinski definition) is 2. The van der Waals surface area contributed by atoms with Crippen LogP contribution in [0.5, 0.6) is 0 Å². The molecule has 2 heterocycles. The molecule has 0 spiro atoms. The Morgan fingerprint density at radius 3 is 2.67 bits per heavy atom. The van der Waals surface area contributed by atoms with Crippen LogP contribution >= 0.6 is 58.3 Å². The van der Waals surface area contributed by atoms with Crippen molar-refractivity contribution in [2.75, 3.05) is 13.6 Å². The summed E-state index contributed by atoms with van der Waals surface area (Å²) in [5, 5.41) is 8.76. The van der Waals surface area contributed by atoms with Crippen LogP contribution in [0.1, 0.15) is 15.3 Å². The lowest BCUT2D eigenvalue weighted by molar-refractivity contribution is 0.803. The van der Waals surface area contributed by atoms with Gasteiger partial charge in [0, 0.05) is 23.3 Å². The Hall–Kier alpha value is -0.310. The molecule has 0 fully saturated rings. The van der Waals surface area contributed by atoms with Crippen LogP contribution in [0.4, 0.5) is 0 Å². The van der Waals surface area contributed by atoms with E-state index in [1.165, 1.54) is 15.3 Å². The predicted molar refractivity (Wildman–Crippen MR) is 106 cm³/mol. The van der Waals surface area contributed by atoms with Gasteiger partial charge in [0.2, 0.25) is 0 Å². The lowest BCUT2D eigenvalue weighted by Gasteiger charge is -2.11. The molecule has 2 rings (SSSR count). The van der Waals surface area contributed by atoms with Crippen LogP contribution in [0.2, 0.25) is 4.34 Å². The summed E-state index contributed by atoms with van der Waals surface area (Å²) in [6.07, 6.45) is 0.954. The minimum Gasteiger partial charge on any atom is -0.356 e. The number of nitrogens with zero attached hydrogens (tertiary/aromatic N) is 1. The van der Waals surface area contributed by atoms with E-state index >= 15 is 0 Å². The van der Waals surface area contributed by atoms with Crippen LogP contribution in [-0.4, -0.2) is 19.6 Å². The normalized spacial score (nSPS) is 11.1. The van der Waals surface area contributed by atoms with Gasteiger partial charge in [-0.05, 0) is 42.5 Å². The maximum absolute atomic E-state index is 5.91. The Kier molecular flexibility index (Phi) is 8.62. The number of guanidine groups is 1. The second-order valence-electron chi connectivity index (χ2n) is 4.34. The van der Waals surface area contributed by atoms with E-state index in [2.05, 4.69) is 40.1 Å². The molecule has 0 unspecified atom stereocenters. The molecule has 0 bridgehead atoms. The standard InChI is InChI=1S/C14H18ClN3S2.HI/c1-10-6-8-19-12(10)9-18-14(16-2)17-7-5-11-3-4-13(15)20-11;/h3-4,6,8H,5,7,9H2,1-2H3,(H2,16,17,18);1H. The number of nitrogens with one attached hydrogen (secondary N) is 2. The summed E-state index contributed by atoms with van der Waals surface area (Å²) in [7, 11) is 1.79. The van der Waals surface area contributed by atoms with Crippen molar-refractivity contribution in [1.82, 2.24) is 10.6 Å². The smallest absolute Gasteiger partial charge is 0.191 e. The van der Waals surface area contributed by atoms with E-state index in [9.17, 15) is 0 Å². The fourth-order valence-electron chi connectivity index (χ4n) is 1.76. The van der Waals surface area contributed by atoms with Crippen molar-refractivity contribution in [3.8, 4) is 0 Å². The number of hydrogen-bond acceptors (Lipinski definition) is 3. The fourth-order valence-corrected chi connectivity index (χ4v) is 3.69. The molecule has 2 aromatic rings. The zero-order chi connectivity index (χ0) is 14.4. The van der Waals surface area contributed by atoms with Crippen molar-refractivity contribution >= 4 is 64.2 Å². The molecule has 3 nitrogen and oxygen atoms in total. The topological polar surface area (TPSA) is 36.4 Å². The molecule has 2 N–H and O–H groups in total. The van der Waals surface area contributed by atoms with Gasteiger partial charge in [-0.3, -0.25) is 4.99 Å². The summed E-state index contributed by atoms with van der Waals surface area (Å²) in [6.45, 7) is 3.79. The number of thiophene rings is 2. The van der Waals surface area contributed by atoms with Crippen molar-refractivity contribution in [2.45, 2.75) is 19.9 Å². The average Bonchev–Trinajstić information content (AvgIpc) is 3.03. The van der Waals surface area contributed by atoms with E-state index in [0.29, 0.717) is 0 Å². The molecule has 0 aliphatic rings. The molecule has 0 saturated heterocycles. The van der Waals surface area contributed by atoms with Gasteiger partial charge in [-0.1, -0.05) is 11.6 Å². The second kappa shape index (κ2) is 9.66. The van der Waals surface area contributed by atoms with Crippen LogP contribution in [-0.2, 0) is 13.0 Å². The van der Waals surface area contributed by atoms with Crippen molar-refractivity contribution in [2.24, 2.45) is 4.99 Å². The number of halogens is 2. The highest BCUT2D eigenvalue weighted by Gasteiger charge is 2.03. The van der Waals surface area contributed by atoms with Crippen LogP contribution in [0, 0.1) is 6.92 Å². The van der Waals surface area contributed by atoms with Crippen molar-refractivity contribution < 1.29 is 0 Å². The number of aryl methyl sites for hydroxylation is 1. The lowest BCUT2D eigenvalue weighted by Crippen LogP contribution is -2.37. The van der Waals surface area contributed by atoms with Gasteiger partial charge in [0.25, 0.3) is 0 Å². The summed E-state index contributed by atoms with van der Waals surface area (Å²) < 4.78 is 0.843. The third-order valence-electron chi connectivity index (χ3n) is 2.90. The van der Waals surface area contributed by atoms with Crippen molar-refractivity contribution in [3.05, 3.63) is 43.2 Å². The second-order valence-corrected chi connectivity index (χ2v) is 7.14. The first-order valence-corrected chi connectivity index (χ1v) is 8.48. The molecule has 0 atom stereocenters. The van der Waals surface area contributed by atoms with Gasteiger partial charge in [0.1, 0.15) is 0 Å². The Balaban J connectivity index is 0.00000220. The van der Waals surface area contributed by atoms with Gasteiger partial charge in [0.15, 0.2) is 5.96 Å². The minimum absolute atomic E-state index is 0. The minimum atomic E-state index is 0. The van der Waals surface area contributed by atoms with E-state index < -0.39 is 0 Å². The zero-order valence-corrected chi connectivity index (χ0v) is 16.7. The van der Waals surface area contributed by atoms with Gasteiger partial charge >= 0.3 is 0 Å². The SMILES string of the molecule is CN=C(NCCc1ccc(Cl)s1)NCc1sccc1C.I. The zero-order valence-electron chi connectivity index (χ0n) is 12.0. The van der Waals surface area contributed by atoms with Crippen LogP contribution in [0.15, 0.2) is 28.6 Å². The maximum atomic E-state index is 5.91. The van der Waals surface area contributed by atoms with Gasteiger partial charge in [-0.15, -0.1) is 46.7 Å². The van der Waals surface area contributed by atoms with E-state index in [-0.39, 0.29) is 24.0 Å². The quantitative estimate of drug-likeness (QED) is 0.401. The molecule has 0 aromatic carbocycles. The average molecular weight is 456 g/mol. The first kappa shape index (κ1) is 18.7. The molecular weight excluding hydrogens is 437 g/mol. The summed E-state index contributed by atoms with van der Waals surface area (Å²) in [4.78, 5) is 6.86. The molecule has 0 saturated carbocycles. The fraction of sp³-hybridized carbons (Fsp3) is 0.357. The van der Waals surface area contributed by atoms with Gasteiger partial charge in [-0.2, -0.15) is 0 Å². The van der Waals surface area contributed by atoms with Crippen molar-refractivity contribution in [3.63, 3.8) is 0 Å². The predicted octanol–water partition coefficient (Wildman–Crippen LogP) is 4.30.